The minimum absolute atomic E-state index is 0.0190. The number of aromatic hydroxyl groups is 1. The van der Waals surface area contributed by atoms with Crippen LogP contribution in [0, 0.1) is 11.3 Å². The molecule has 1 heterocycles. The first-order valence-electron chi connectivity index (χ1n) is 8.74. The van der Waals surface area contributed by atoms with E-state index in [4.69, 9.17) is 0 Å². The number of hydrogen-bond donors (Lipinski definition) is 3. The van der Waals surface area contributed by atoms with E-state index in [1.807, 2.05) is 13.8 Å². The lowest BCUT2D eigenvalue weighted by Crippen LogP contribution is -2.42. The van der Waals surface area contributed by atoms with Crippen LogP contribution in [0.25, 0.3) is 0 Å². The minimum atomic E-state index is -0.533. The van der Waals surface area contributed by atoms with Crippen molar-refractivity contribution in [3.05, 3.63) is 36.7 Å². The van der Waals surface area contributed by atoms with E-state index in [1.54, 1.807) is 6.08 Å². The van der Waals surface area contributed by atoms with Crippen molar-refractivity contribution in [1.29, 1.82) is 0 Å². The Kier molecular flexibility index (Phi) is 6.17. The molecule has 0 bridgehead atoms. The second-order valence-corrected chi connectivity index (χ2v) is 6.97. The average molecular weight is 345 g/mol. The van der Waals surface area contributed by atoms with Gasteiger partial charge in [0.15, 0.2) is 0 Å². The van der Waals surface area contributed by atoms with Gasteiger partial charge in [-0.05, 0) is 44.6 Å². The second kappa shape index (κ2) is 8.14. The van der Waals surface area contributed by atoms with Crippen molar-refractivity contribution >= 4 is 11.8 Å². The predicted molar refractivity (Wildman–Crippen MR) is 96.1 cm³/mol. The first kappa shape index (κ1) is 19.0. The van der Waals surface area contributed by atoms with Crippen LogP contribution in [0.5, 0.6) is 5.75 Å². The van der Waals surface area contributed by atoms with Crippen molar-refractivity contribution in [2.45, 2.75) is 45.6 Å². The van der Waals surface area contributed by atoms with E-state index in [-0.39, 0.29) is 23.6 Å². The fourth-order valence-corrected chi connectivity index (χ4v) is 3.03. The smallest absolute Gasteiger partial charge is 0.252 e. The Bertz CT molecular complexity index is 647. The number of rotatable bonds is 7. The fourth-order valence-electron chi connectivity index (χ4n) is 3.03. The molecular formula is C19H27N3O3. The summed E-state index contributed by atoms with van der Waals surface area (Å²) in [6.07, 6.45) is 7.85. The molecule has 1 saturated carbocycles. The highest BCUT2D eigenvalue weighted by Crippen LogP contribution is 2.28. The normalized spacial score (nSPS) is 22.0. The number of carbonyl (C=O) groups excluding carboxylic acids is 2. The lowest BCUT2D eigenvalue weighted by Gasteiger charge is -2.25. The molecule has 136 valence electrons. The van der Waals surface area contributed by atoms with E-state index >= 15 is 0 Å². The molecule has 1 aliphatic carbocycles. The molecule has 1 fully saturated rings. The van der Waals surface area contributed by atoms with Crippen molar-refractivity contribution in [3.63, 3.8) is 0 Å². The Balaban J connectivity index is 1.80. The maximum absolute atomic E-state index is 12.4. The standard InChI is InChI=1S/C19H27N3O3/c1-4-19(3,5-2)18(25)22-15-7-6-13(8-15)10-21-17(24)14-9-16(23)12-20-11-14/h4,9,11-13,15,23H,1,5-8,10H2,2-3H3,(H,21,24)(H,22,25). The van der Waals surface area contributed by atoms with E-state index < -0.39 is 5.41 Å². The van der Waals surface area contributed by atoms with Crippen LogP contribution in [-0.4, -0.2) is 34.5 Å². The van der Waals surface area contributed by atoms with Gasteiger partial charge in [-0.2, -0.15) is 0 Å². The molecule has 1 aliphatic rings. The zero-order chi connectivity index (χ0) is 18.4. The number of pyridine rings is 1. The fraction of sp³-hybridized carbons (Fsp3) is 0.526. The molecule has 0 saturated heterocycles. The van der Waals surface area contributed by atoms with Crippen LogP contribution in [0.4, 0.5) is 0 Å². The summed E-state index contributed by atoms with van der Waals surface area (Å²) < 4.78 is 0. The highest BCUT2D eigenvalue weighted by atomic mass is 16.3. The molecule has 2 rings (SSSR count). The van der Waals surface area contributed by atoms with E-state index in [1.165, 1.54) is 18.5 Å². The molecule has 0 radical (unpaired) electrons. The van der Waals surface area contributed by atoms with Gasteiger partial charge in [-0.1, -0.05) is 13.0 Å². The van der Waals surface area contributed by atoms with Crippen molar-refractivity contribution in [3.8, 4) is 5.75 Å². The van der Waals surface area contributed by atoms with Gasteiger partial charge in [0, 0.05) is 18.8 Å². The summed E-state index contributed by atoms with van der Waals surface area (Å²) >= 11 is 0. The summed E-state index contributed by atoms with van der Waals surface area (Å²) in [5.74, 6) is 0.0697. The largest absolute Gasteiger partial charge is 0.506 e. The highest BCUT2D eigenvalue weighted by Gasteiger charge is 2.32. The first-order chi connectivity index (χ1) is 11.9. The van der Waals surface area contributed by atoms with Crippen molar-refractivity contribution in [2.75, 3.05) is 6.54 Å². The second-order valence-electron chi connectivity index (χ2n) is 6.97. The molecule has 0 aromatic carbocycles. The minimum Gasteiger partial charge on any atom is -0.506 e. The maximum atomic E-state index is 12.4. The summed E-state index contributed by atoms with van der Waals surface area (Å²) in [7, 11) is 0. The summed E-state index contributed by atoms with van der Waals surface area (Å²) in [5.41, 5.74) is -0.193. The number of carbonyl (C=O) groups is 2. The lowest BCUT2D eigenvalue weighted by molar-refractivity contribution is -0.128. The van der Waals surface area contributed by atoms with Gasteiger partial charge in [-0.3, -0.25) is 14.6 Å². The van der Waals surface area contributed by atoms with E-state index in [0.717, 1.165) is 19.3 Å². The summed E-state index contributed by atoms with van der Waals surface area (Å²) in [6, 6.07) is 1.53. The molecule has 6 nitrogen and oxygen atoms in total. The maximum Gasteiger partial charge on any atom is 0.252 e. The number of aromatic nitrogens is 1. The average Bonchev–Trinajstić information content (AvgIpc) is 3.06. The van der Waals surface area contributed by atoms with Crippen LogP contribution >= 0.6 is 0 Å². The SMILES string of the molecule is C=CC(C)(CC)C(=O)NC1CCC(CNC(=O)c2cncc(O)c2)C1. The molecule has 0 spiro atoms. The Morgan fingerprint density at radius 2 is 2.20 bits per heavy atom. The third kappa shape index (κ3) is 4.81. The Labute approximate surface area is 148 Å². The van der Waals surface area contributed by atoms with Crippen molar-refractivity contribution in [1.82, 2.24) is 15.6 Å². The van der Waals surface area contributed by atoms with E-state index in [2.05, 4.69) is 22.2 Å². The number of nitrogens with one attached hydrogen (secondary N) is 2. The summed E-state index contributed by atoms with van der Waals surface area (Å²) in [4.78, 5) is 28.3. The molecule has 25 heavy (non-hydrogen) atoms. The van der Waals surface area contributed by atoms with Gasteiger partial charge >= 0.3 is 0 Å². The number of nitrogens with zero attached hydrogens (tertiary/aromatic N) is 1. The topological polar surface area (TPSA) is 91.3 Å². The van der Waals surface area contributed by atoms with Crippen LogP contribution < -0.4 is 10.6 Å². The Morgan fingerprint density at radius 1 is 1.44 bits per heavy atom. The Morgan fingerprint density at radius 3 is 2.84 bits per heavy atom. The van der Waals surface area contributed by atoms with Gasteiger partial charge in [-0.25, -0.2) is 0 Å². The molecule has 3 unspecified atom stereocenters. The third-order valence-electron chi connectivity index (χ3n) is 5.12. The molecular weight excluding hydrogens is 318 g/mol. The number of amides is 2. The summed E-state index contributed by atoms with van der Waals surface area (Å²) in [6.45, 7) is 8.19. The first-order valence-corrected chi connectivity index (χ1v) is 8.74. The predicted octanol–water partition coefficient (Wildman–Crippen LogP) is 2.40. The zero-order valence-corrected chi connectivity index (χ0v) is 14.9. The third-order valence-corrected chi connectivity index (χ3v) is 5.12. The van der Waals surface area contributed by atoms with Crippen LogP contribution in [0.3, 0.4) is 0 Å². The van der Waals surface area contributed by atoms with E-state index in [9.17, 15) is 14.7 Å². The molecule has 1 aromatic heterocycles. The van der Waals surface area contributed by atoms with Gasteiger partial charge in [0.25, 0.3) is 5.91 Å². The van der Waals surface area contributed by atoms with Crippen LogP contribution in [0.15, 0.2) is 31.1 Å². The van der Waals surface area contributed by atoms with Crippen LogP contribution in [0.2, 0.25) is 0 Å². The van der Waals surface area contributed by atoms with Gasteiger partial charge < -0.3 is 15.7 Å². The van der Waals surface area contributed by atoms with Crippen molar-refractivity contribution < 1.29 is 14.7 Å². The van der Waals surface area contributed by atoms with Gasteiger partial charge in [0.1, 0.15) is 5.75 Å². The lowest BCUT2D eigenvalue weighted by atomic mass is 9.86. The van der Waals surface area contributed by atoms with Crippen LogP contribution in [0.1, 0.15) is 49.9 Å². The molecule has 3 N–H and O–H groups in total. The highest BCUT2D eigenvalue weighted by molar-refractivity contribution is 5.94. The summed E-state index contributed by atoms with van der Waals surface area (Å²) in [5, 5.41) is 15.4. The van der Waals surface area contributed by atoms with E-state index in [0.29, 0.717) is 24.4 Å². The number of hydrogen-bond acceptors (Lipinski definition) is 4. The molecule has 6 heteroatoms. The quantitative estimate of drug-likeness (QED) is 0.662. The molecule has 0 aliphatic heterocycles. The Hall–Kier alpha value is -2.37. The van der Waals surface area contributed by atoms with Gasteiger partial charge in [0.2, 0.25) is 5.91 Å². The molecule has 2 amide bonds. The monoisotopic (exact) mass is 345 g/mol. The van der Waals surface area contributed by atoms with Gasteiger partial charge in [-0.15, -0.1) is 6.58 Å². The van der Waals surface area contributed by atoms with Gasteiger partial charge in [0.05, 0.1) is 17.2 Å². The molecule has 3 atom stereocenters. The zero-order valence-electron chi connectivity index (χ0n) is 14.9. The van der Waals surface area contributed by atoms with Crippen LogP contribution in [-0.2, 0) is 4.79 Å². The van der Waals surface area contributed by atoms with Crippen molar-refractivity contribution in [2.24, 2.45) is 11.3 Å². The molecule has 1 aromatic rings.